The van der Waals surface area contributed by atoms with Crippen LogP contribution in [0.4, 0.5) is 5.69 Å². The molecule has 0 aliphatic carbocycles. The molecule has 8 heteroatoms. The first-order valence-electron chi connectivity index (χ1n) is 9.73. The van der Waals surface area contributed by atoms with Crippen molar-refractivity contribution in [3.05, 3.63) is 47.3 Å². The van der Waals surface area contributed by atoms with E-state index in [0.717, 1.165) is 46.6 Å². The van der Waals surface area contributed by atoms with Crippen molar-refractivity contribution in [3.63, 3.8) is 0 Å². The first kappa shape index (κ1) is 20.1. The number of benzene rings is 1. The fourth-order valence-electron chi connectivity index (χ4n) is 3.30. The van der Waals surface area contributed by atoms with Crippen molar-refractivity contribution in [2.24, 2.45) is 0 Å². The molecule has 1 aliphatic heterocycles. The van der Waals surface area contributed by atoms with Gasteiger partial charge in [-0.25, -0.2) is 0 Å². The number of thioether (sulfide) groups is 1. The number of aromatic nitrogens is 3. The Hall–Kier alpha value is -2.16. The van der Waals surface area contributed by atoms with Gasteiger partial charge in [-0.15, -0.1) is 21.5 Å². The summed E-state index contributed by atoms with van der Waals surface area (Å²) in [5.74, 6) is 0.786. The quantitative estimate of drug-likeness (QED) is 0.557. The van der Waals surface area contributed by atoms with Gasteiger partial charge in [-0.1, -0.05) is 30.0 Å². The predicted octanol–water partition coefficient (Wildman–Crippen LogP) is 4.61. The third-order valence-corrected chi connectivity index (χ3v) is 6.75. The smallest absolute Gasteiger partial charge is 0.237 e. The van der Waals surface area contributed by atoms with Crippen molar-refractivity contribution in [1.29, 1.82) is 0 Å². The summed E-state index contributed by atoms with van der Waals surface area (Å²) in [4.78, 5) is 13.8. The van der Waals surface area contributed by atoms with Crippen LogP contribution in [0.3, 0.4) is 0 Å². The number of nitrogens with zero attached hydrogens (tertiary/aromatic N) is 3. The monoisotopic (exact) mass is 428 g/mol. The number of amides is 1. The lowest BCUT2D eigenvalue weighted by Crippen LogP contribution is -2.23. The summed E-state index contributed by atoms with van der Waals surface area (Å²) in [5.41, 5.74) is 1.92. The van der Waals surface area contributed by atoms with Crippen LogP contribution in [-0.4, -0.2) is 38.6 Å². The second kappa shape index (κ2) is 9.11. The molecule has 4 rings (SSSR count). The van der Waals surface area contributed by atoms with Gasteiger partial charge in [0.15, 0.2) is 11.0 Å². The Morgan fingerprint density at radius 1 is 1.38 bits per heavy atom. The molecule has 1 aliphatic rings. The fraction of sp³-hybridized carbons (Fsp3) is 0.381. The highest BCUT2D eigenvalue weighted by Crippen LogP contribution is 2.31. The molecule has 0 bridgehead atoms. The van der Waals surface area contributed by atoms with Gasteiger partial charge in [-0.2, -0.15) is 0 Å². The van der Waals surface area contributed by atoms with Crippen LogP contribution in [-0.2, 0) is 16.1 Å². The van der Waals surface area contributed by atoms with Crippen molar-refractivity contribution in [1.82, 2.24) is 14.8 Å². The van der Waals surface area contributed by atoms with E-state index in [-0.39, 0.29) is 17.3 Å². The standard InChI is InChI=1S/C21H24N4O2S2/c1-14-6-3-7-16(12-14)22-20(26)15(2)29-21-24-23-19(18-9-5-11-28-18)25(21)13-17-8-4-10-27-17/h3,5-7,9,11-12,15,17H,4,8,10,13H2,1-2H3,(H,22,26). The zero-order chi connectivity index (χ0) is 20.2. The normalized spacial score (nSPS) is 17.4. The number of carbonyl (C=O) groups excluding carboxylic acids is 1. The van der Waals surface area contributed by atoms with E-state index in [2.05, 4.69) is 20.1 Å². The van der Waals surface area contributed by atoms with Gasteiger partial charge in [0.1, 0.15) is 0 Å². The van der Waals surface area contributed by atoms with E-state index in [9.17, 15) is 4.79 Å². The van der Waals surface area contributed by atoms with Crippen LogP contribution in [0.15, 0.2) is 46.9 Å². The molecule has 152 valence electrons. The van der Waals surface area contributed by atoms with Gasteiger partial charge in [0.05, 0.1) is 22.8 Å². The third-order valence-electron chi connectivity index (χ3n) is 4.81. The van der Waals surface area contributed by atoms with Crippen LogP contribution in [0.2, 0.25) is 0 Å². The summed E-state index contributed by atoms with van der Waals surface area (Å²) in [5, 5.41) is 14.3. The lowest BCUT2D eigenvalue weighted by Gasteiger charge is -2.16. The van der Waals surface area contributed by atoms with E-state index in [1.54, 1.807) is 11.3 Å². The molecule has 1 amide bonds. The number of hydrogen-bond acceptors (Lipinski definition) is 6. The summed E-state index contributed by atoms with van der Waals surface area (Å²) in [7, 11) is 0. The molecule has 29 heavy (non-hydrogen) atoms. The summed E-state index contributed by atoms with van der Waals surface area (Å²) < 4.78 is 7.93. The SMILES string of the molecule is Cc1cccc(NC(=O)C(C)Sc2nnc(-c3cccs3)n2CC2CCCO2)c1. The van der Waals surface area contributed by atoms with Crippen LogP contribution >= 0.6 is 23.1 Å². The summed E-state index contributed by atoms with van der Waals surface area (Å²) >= 11 is 3.07. The molecular weight excluding hydrogens is 404 g/mol. The largest absolute Gasteiger partial charge is 0.376 e. The van der Waals surface area contributed by atoms with Gasteiger partial charge in [-0.3, -0.25) is 9.36 Å². The Morgan fingerprint density at radius 2 is 2.28 bits per heavy atom. The highest BCUT2D eigenvalue weighted by molar-refractivity contribution is 8.00. The Labute approximate surface area is 178 Å². The molecular formula is C21H24N4O2S2. The Morgan fingerprint density at radius 3 is 3.00 bits per heavy atom. The maximum absolute atomic E-state index is 12.7. The highest BCUT2D eigenvalue weighted by atomic mass is 32.2. The minimum absolute atomic E-state index is 0.0510. The Balaban J connectivity index is 1.51. The number of rotatable bonds is 7. The number of anilines is 1. The lowest BCUT2D eigenvalue weighted by atomic mass is 10.2. The molecule has 3 heterocycles. The van der Waals surface area contributed by atoms with Gasteiger partial charge < -0.3 is 10.1 Å². The number of hydrogen-bond donors (Lipinski definition) is 1. The van der Waals surface area contributed by atoms with E-state index in [0.29, 0.717) is 6.54 Å². The van der Waals surface area contributed by atoms with Crippen LogP contribution in [0.5, 0.6) is 0 Å². The molecule has 0 saturated carbocycles. The van der Waals surface area contributed by atoms with Crippen LogP contribution in [0.25, 0.3) is 10.7 Å². The van der Waals surface area contributed by atoms with Crippen molar-refractivity contribution >= 4 is 34.7 Å². The second-order valence-electron chi connectivity index (χ2n) is 7.15. The minimum Gasteiger partial charge on any atom is -0.376 e. The summed E-state index contributed by atoms with van der Waals surface area (Å²) in [6.07, 6.45) is 2.29. The minimum atomic E-state index is -0.306. The van der Waals surface area contributed by atoms with Crippen LogP contribution in [0, 0.1) is 6.92 Å². The Bertz CT molecular complexity index is 965. The molecule has 2 aromatic heterocycles. The first-order chi connectivity index (χ1) is 14.1. The second-order valence-corrected chi connectivity index (χ2v) is 9.40. The zero-order valence-electron chi connectivity index (χ0n) is 16.5. The number of ether oxygens (including phenoxy) is 1. The Kier molecular flexibility index (Phi) is 6.32. The lowest BCUT2D eigenvalue weighted by molar-refractivity contribution is -0.115. The number of nitrogens with one attached hydrogen (secondary N) is 1. The third kappa shape index (κ3) is 4.88. The molecule has 0 radical (unpaired) electrons. The first-order valence-corrected chi connectivity index (χ1v) is 11.5. The van der Waals surface area contributed by atoms with Gasteiger partial charge >= 0.3 is 0 Å². The molecule has 1 fully saturated rings. The van der Waals surface area contributed by atoms with Crippen LogP contribution in [0.1, 0.15) is 25.3 Å². The van der Waals surface area contributed by atoms with Gasteiger partial charge in [0.2, 0.25) is 5.91 Å². The molecule has 1 N–H and O–H groups in total. The maximum atomic E-state index is 12.7. The van der Waals surface area contributed by atoms with E-state index in [1.807, 2.05) is 55.6 Å². The average Bonchev–Trinajstić information content (AvgIpc) is 3.45. The van der Waals surface area contributed by atoms with Gasteiger partial charge in [0, 0.05) is 12.3 Å². The molecule has 3 aromatic rings. The highest BCUT2D eigenvalue weighted by Gasteiger charge is 2.25. The zero-order valence-corrected chi connectivity index (χ0v) is 18.1. The molecule has 1 saturated heterocycles. The predicted molar refractivity (Wildman–Crippen MR) is 117 cm³/mol. The van der Waals surface area contributed by atoms with Gasteiger partial charge in [0.25, 0.3) is 0 Å². The molecule has 2 atom stereocenters. The molecule has 6 nitrogen and oxygen atoms in total. The van der Waals surface area contributed by atoms with Crippen molar-refractivity contribution in [3.8, 4) is 10.7 Å². The number of thiophene rings is 1. The van der Waals surface area contributed by atoms with Crippen molar-refractivity contribution < 1.29 is 9.53 Å². The van der Waals surface area contributed by atoms with E-state index in [1.165, 1.54) is 11.8 Å². The van der Waals surface area contributed by atoms with E-state index < -0.39 is 0 Å². The topological polar surface area (TPSA) is 69.0 Å². The summed E-state index contributed by atoms with van der Waals surface area (Å²) in [6.45, 7) is 5.41. The van der Waals surface area contributed by atoms with E-state index >= 15 is 0 Å². The van der Waals surface area contributed by atoms with Crippen molar-refractivity contribution in [2.75, 3.05) is 11.9 Å². The maximum Gasteiger partial charge on any atom is 0.237 e. The van der Waals surface area contributed by atoms with E-state index in [4.69, 9.17) is 4.74 Å². The fourth-order valence-corrected chi connectivity index (χ4v) is 4.87. The molecule has 2 unspecified atom stereocenters. The molecule has 1 aromatic carbocycles. The van der Waals surface area contributed by atoms with Gasteiger partial charge in [-0.05, 0) is 55.8 Å². The number of aryl methyl sites for hydroxylation is 1. The molecule has 0 spiro atoms. The van der Waals surface area contributed by atoms with Crippen molar-refractivity contribution in [2.45, 2.75) is 49.7 Å². The van der Waals surface area contributed by atoms with Crippen LogP contribution < -0.4 is 5.32 Å². The summed E-state index contributed by atoms with van der Waals surface area (Å²) in [6, 6.07) is 11.9. The average molecular weight is 429 g/mol. The number of carbonyl (C=O) groups is 1.